The third-order valence-electron chi connectivity index (χ3n) is 13.1. The van der Waals surface area contributed by atoms with Gasteiger partial charge in [0.2, 0.25) is 0 Å². The minimum Gasteiger partial charge on any atom is -0.456 e. The minimum atomic E-state index is -0.209. The third-order valence-corrected chi connectivity index (χ3v) is 13.1. The average molecular weight is 530 g/mol. The Labute approximate surface area is 230 Å². The van der Waals surface area contributed by atoms with Crippen molar-refractivity contribution < 1.29 is 23.9 Å². The van der Waals surface area contributed by atoms with Crippen LogP contribution in [0.1, 0.15) is 78.6 Å². The smallest absolute Gasteiger partial charge is 0.303 e. The van der Waals surface area contributed by atoms with Gasteiger partial charge in [-0.3, -0.25) is 9.69 Å². The van der Waals surface area contributed by atoms with E-state index in [1.807, 2.05) is 0 Å². The van der Waals surface area contributed by atoms with E-state index in [0.29, 0.717) is 29.7 Å². The van der Waals surface area contributed by atoms with Gasteiger partial charge >= 0.3 is 5.97 Å². The number of hydrogen-bond acceptors (Lipinski definition) is 5. The van der Waals surface area contributed by atoms with Gasteiger partial charge in [-0.15, -0.1) is 0 Å². The first-order chi connectivity index (χ1) is 18.2. The van der Waals surface area contributed by atoms with Crippen LogP contribution in [0, 0.1) is 34.5 Å². The molecule has 6 fully saturated rings. The second-order valence-electron chi connectivity index (χ2n) is 14.6. The highest BCUT2D eigenvalue weighted by molar-refractivity contribution is 5.66. The molecule has 0 aromatic rings. The first-order valence-corrected chi connectivity index (χ1v) is 15.9. The fraction of sp³-hybridized carbons (Fsp3) is 0.906. The lowest BCUT2D eigenvalue weighted by Crippen LogP contribution is -2.61. The molecule has 0 amide bonds. The second-order valence-corrected chi connectivity index (χ2v) is 14.6. The summed E-state index contributed by atoms with van der Waals surface area (Å²) in [4.78, 5) is 15.0. The SMILES string of the molecule is C=CC[N+]1([C@H]2CC3C4CC[C@H]5C[C@H](O)C(N6CCOCC6)C[C@]5(C)C4CC[C@]3(C)[C@H]2OC(C)=O)CCCC1. The lowest BCUT2D eigenvalue weighted by molar-refractivity contribution is -0.937. The van der Waals surface area contributed by atoms with Crippen LogP contribution < -0.4 is 0 Å². The van der Waals surface area contributed by atoms with E-state index < -0.39 is 0 Å². The summed E-state index contributed by atoms with van der Waals surface area (Å²) >= 11 is 0. The van der Waals surface area contributed by atoms with Crippen molar-refractivity contribution in [3.63, 3.8) is 0 Å². The molecule has 0 spiro atoms. The van der Waals surface area contributed by atoms with E-state index in [-0.39, 0.29) is 35.0 Å². The maximum absolute atomic E-state index is 12.5. The molecule has 6 heteroatoms. The molecular formula is C32H53N2O4+. The molecule has 0 bridgehead atoms. The van der Waals surface area contributed by atoms with Gasteiger partial charge in [0, 0.05) is 50.7 Å². The van der Waals surface area contributed by atoms with Crippen LogP contribution in [0.25, 0.3) is 0 Å². The topological polar surface area (TPSA) is 59.0 Å². The number of carbonyl (C=O) groups excluding carboxylic acids is 1. The van der Waals surface area contributed by atoms with Crippen molar-refractivity contribution in [3.8, 4) is 0 Å². The van der Waals surface area contributed by atoms with E-state index in [2.05, 4.69) is 31.4 Å². The number of carbonyl (C=O) groups is 1. The molecular weight excluding hydrogens is 476 g/mol. The summed E-state index contributed by atoms with van der Waals surface area (Å²) in [5.74, 6) is 2.54. The van der Waals surface area contributed by atoms with Crippen LogP contribution in [0.2, 0.25) is 0 Å². The Bertz CT molecular complexity index is 898. The molecule has 0 radical (unpaired) electrons. The summed E-state index contributed by atoms with van der Waals surface area (Å²) in [5.41, 5.74) is 0.343. The fourth-order valence-electron chi connectivity index (χ4n) is 11.3. The van der Waals surface area contributed by atoms with Gasteiger partial charge in [-0.05, 0) is 73.7 Å². The van der Waals surface area contributed by atoms with Crippen molar-refractivity contribution in [3.05, 3.63) is 12.7 Å². The Balaban J connectivity index is 1.30. The summed E-state index contributed by atoms with van der Waals surface area (Å²) in [6, 6.07) is 0.663. The maximum atomic E-state index is 12.5. The number of fused-ring (bicyclic) bond motifs is 5. The number of esters is 1. The summed E-state index contributed by atoms with van der Waals surface area (Å²) in [5, 5.41) is 11.3. The number of rotatable bonds is 5. The molecule has 4 saturated carbocycles. The standard InChI is InChI=1S/C32H53N2O4/c1-5-14-34(15-6-7-16-34)28-20-26-24-9-8-23-19-29(36)27(33-12-17-37-18-13-33)21-32(23,4)25(24)10-11-31(26,3)30(28)38-22(2)35/h5,23-30,36H,1,6-21H2,2-4H3/q+1/t23-,24?,25?,26?,27?,28-,29-,30-,31-,32-/m0/s1. The second kappa shape index (κ2) is 10.2. The van der Waals surface area contributed by atoms with Crippen LogP contribution in [0.3, 0.4) is 0 Å². The minimum absolute atomic E-state index is 0.0174. The Morgan fingerprint density at radius 2 is 1.84 bits per heavy atom. The van der Waals surface area contributed by atoms with E-state index in [0.717, 1.165) is 56.6 Å². The molecule has 2 saturated heterocycles. The van der Waals surface area contributed by atoms with E-state index in [4.69, 9.17) is 9.47 Å². The number of likely N-dealkylation sites (tertiary alicyclic amines) is 1. The van der Waals surface area contributed by atoms with Crippen molar-refractivity contribution in [2.75, 3.05) is 45.9 Å². The third kappa shape index (κ3) is 4.23. The van der Waals surface area contributed by atoms with Crippen LogP contribution in [0.4, 0.5) is 0 Å². The molecule has 1 N–H and O–H groups in total. The van der Waals surface area contributed by atoms with Crippen LogP contribution in [-0.4, -0.2) is 90.7 Å². The van der Waals surface area contributed by atoms with Gasteiger partial charge < -0.3 is 19.1 Å². The van der Waals surface area contributed by atoms with Crippen molar-refractivity contribution in [1.29, 1.82) is 0 Å². The van der Waals surface area contributed by atoms with Crippen LogP contribution in [0.15, 0.2) is 12.7 Å². The summed E-state index contributed by atoms with van der Waals surface area (Å²) in [6.07, 6.45) is 12.7. The first-order valence-electron chi connectivity index (χ1n) is 15.9. The van der Waals surface area contributed by atoms with Crippen molar-refractivity contribution in [1.82, 2.24) is 4.90 Å². The molecule has 6 rings (SSSR count). The number of morpholine rings is 1. The zero-order valence-corrected chi connectivity index (χ0v) is 24.3. The summed E-state index contributed by atoms with van der Waals surface area (Å²) < 4.78 is 13.1. The first kappa shape index (κ1) is 27.2. The number of aliphatic hydroxyl groups excluding tert-OH is 1. The molecule has 10 atom stereocenters. The number of ether oxygens (including phenoxy) is 2. The average Bonchev–Trinajstić information content (AvgIpc) is 3.48. The van der Waals surface area contributed by atoms with E-state index in [1.54, 1.807) is 6.92 Å². The monoisotopic (exact) mass is 529 g/mol. The molecule has 6 nitrogen and oxygen atoms in total. The molecule has 2 heterocycles. The van der Waals surface area contributed by atoms with E-state index >= 15 is 0 Å². The van der Waals surface area contributed by atoms with Crippen molar-refractivity contribution >= 4 is 5.97 Å². The van der Waals surface area contributed by atoms with Gasteiger partial charge in [-0.1, -0.05) is 20.4 Å². The highest BCUT2D eigenvalue weighted by Crippen LogP contribution is 2.67. The Hall–Kier alpha value is -0.950. The molecule has 0 aromatic carbocycles. The van der Waals surface area contributed by atoms with Crippen LogP contribution >= 0.6 is 0 Å². The highest BCUT2D eigenvalue weighted by Gasteiger charge is 2.67. The predicted octanol–water partition coefficient (Wildman–Crippen LogP) is 4.41. The fourth-order valence-corrected chi connectivity index (χ4v) is 11.3. The van der Waals surface area contributed by atoms with Gasteiger partial charge in [0.25, 0.3) is 0 Å². The number of nitrogens with zero attached hydrogens (tertiary/aromatic N) is 2. The Morgan fingerprint density at radius 3 is 2.53 bits per heavy atom. The normalized spacial score (nSPS) is 48.5. The number of aliphatic hydroxyl groups is 1. The van der Waals surface area contributed by atoms with Crippen LogP contribution in [0.5, 0.6) is 0 Å². The predicted molar refractivity (Wildman–Crippen MR) is 148 cm³/mol. The van der Waals surface area contributed by atoms with E-state index in [9.17, 15) is 9.90 Å². The molecule has 2 aliphatic heterocycles. The van der Waals surface area contributed by atoms with Crippen molar-refractivity contribution in [2.45, 2.75) is 103 Å². The molecule has 38 heavy (non-hydrogen) atoms. The van der Waals surface area contributed by atoms with Gasteiger partial charge in [0.1, 0.15) is 6.04 Å². The molecule has 0 aromatic heterocycles. The van der Waals surface area contributed by atoms with Crippen molar-refractivity contribution in [2.24, 2.45) is 34.5 Å². The van der Waals surface area contributed by atoms with E-state index in [1.165, 1.54) is 51.6 Å². The number of hydrogen-bond donors (Lipinski definition) is 1. The van der Waals surface area contributed by atoms with Gasteiger partial charge in [-0.25, -0.2) is 0 Å². The van der Waals surface area contributed by atoms with Gasteiger partial charge in [0.05, 0.1) is 39.0 Å². The lowest BCUT2D eigenvalue weighted by Gasteiger charge is -2.62. The molecule has 4 unspecified atom stereocenters. The van der Waals surface area contributed by atoms with Gasteiger partial charge in [0.15, 0.2) is 6.10 Å². The number of quaternary nitrogens is 1. The lowest BCUT2D eigenvalue weighted by atomic mass is 9.44. The summed E-state index contributed by atoms with van der Waals surface area (Å²) in [7, 11) is 0. The molecule has 4 aliphatic carbocycles. The Kier molecular flexibility index (Phi) is 7.27. The highest BCUT2D eigenvalue weighted by atomic mass is 16.5. The van der Waals surface area contributed by atoms with Crippen LogP contribution in [-0.2, 0) is 14.3 Å². The quantitative estimate of drug-likeness (QED) is 0.325. The molecule has 214 valence electrons. The Morgan fingerprint density at radius 1 is 1.11 bits per heavy atom. The zero-order chi connectivity index (χ0) is 26.7. The largest absolute Gasteiger partial charge is 0.456 e. The summed E-state index contributed by atoms with van der Waals surface area (Å²) in [6.45, 7) is 17.7. The van der Waals surface area contributed by atoms with Gasteiger partial charge in [-0.2, -0.15) is 0 Å². The molecule has 6 aliphatic rings. The maximum Gasteiger partial charge on any atom is 0.303 e. The zero-order valence-electron chi connectivity index (χ0n) is 24.3.